The van der Waals surface area contributed by atoms with Crippen molar-refractivity contribution >= 4 is 29.1 Å². The fourth-order valence-corrected chi connectivity index (χ4v) is 4.97. The Bertz CT molecular complexity index is 1390. The molecule has 0 radical (unpaired) electrons. The highest BCUT2D eigenvalue weighted by Crippen LogP contribution is 2.41. The lowest BCUT2D eigenvalue weighted by atomic mass is 9.84. The predicted octanol–water partition coefficient (Wildman–Crippen LogP) is 6.50. The summed E-state index contributed by atoms with van der Waals surface area (Å²) >= 11 is 0. The van der Waals surface area contributed by atoms with Crippen LogP contribution in [0.1, 0.15) is 42.0 Å². The molecule has 7 heteroatoms. The Balaban J connectivity index is 0.00000320. The lowest BCUT2D eigenvalue weighted by Gasteiger charge is -2.33. The maximum absolute atomic E-state index is 14.7. The molecule has 1 unspecified atom stereocenters. The molecule has 192 valence electrons. The van der Waals surface area contributed by atoms with Crippen molar-refractivity contribution in [2.75, 3.05) is 13.2 Å². The number of halogens is 2. The summed E-state index contributed by atoms with van der Waals surface area (Å²) in [5, 5.41) is 14.9. The molecule has 1 aliphatic heterocycles. The number of benzene rings is 4. The van der Waals surface area contributed by atoms with Crippen LogP contribution in [0.5, 0.6) is 11.5 Å². The van der Waals surface area contributed by atoms with E-state index in [1.807, 2.05) is 30.3 Å². The Morgan fingerprint density at radius 1 is 1.08 bits per heavy atom. The Morgan fingerprint density at radius 2 is 1.84 bits per heavy atom. The van der Waals surface area contributed by atoms with Crippen LogP contribution < -0.4 is 14.8 Å². The number of hydrogen-bond donors (Lipinski definition) is 2. The summed E-state index contributed by atoms with van der Waals surface area (Å²) in [6.07, 6.45) is 0.578. The molecule has 0 amide bonds. The van der Waals surface area contributed by atoms with Gasteiger partial charge in [0.25, 0.3) is 0 Å². The number of carboxylic acids is 1. The largest absolute Gasteiger partial charge is 0.489 e. The van der Waals surface area contributed by atoms with E-state index in [9.17, 15) is 9.18 Å². The van der Waals surface area contributed by atoms with E-state index in [4.69, 9.17) is 14.6 Å². The third-order valence-electron chi connectivity index (χ3n) is 6.74. The first-order valence-electron chi connectivity index (χ1n) is 12.1. The molecule has 0 aromatic heterocycles. The van der Waals surface area contributed by atoms with Crippen molar-refractivity contribution < 1.29 is 23.8 Å². The first kappa shape index (κ1) is 26.5. The number of fused-ring (bicyclic) bond motifs is 2. The van der Waals surface area contributed by atoms with Crippen LogP contribution in [0.2, 0.25) is 0 Å². The number of carboxylic acid groups (broad SMARTS) is 1. The van der Waals surface area contributed by atoms with Crippen LogP contribution in [0, 0.1) is 5.82 Å². The Hall–Kier alpha value is -3.61. The zero-order valence-corrected chi connectivity index (χ0v) is 21.2. The van der Waals surface area contributed by atoms with Crippen molar-refractivity contribution in [3.63, 3.8) is 0 Å². The van der Waals surface area contributed by atoms with E-state index in [1.165, 1.54) is 28.5 Å². The van der Waals surface area contributed by atoms with E-state index < -0.39 is 18.4 Å². The molecule has 2 N–H and O–H groups in total. The van der Waals surface area contributed by atoms with Gasteiger partial charge in [-0.3, -0.25) is 0 Å². The minimum absolute atomic E-state index is 0. The first-order chi connectivity index (χ1) is 17.5. The average molecular weight is 522 g/mol. The van der Waals surface area contributed by atoms with E-state index in [1.54, 1.807) is 6.07 Å². The lowest BCUT2D eigenvalue weighted by molar-refractivity contribution is -0.139. The maximum Gasteiger partial charge on any atom is 0.341 e. The average Bonchev–Trinajstić information content (AvgIpc) is 2.90. The van der Waals surface area contributed by atoms with Gasteiger partial charge in [0.15, 0.2) is 18.2 Å². The third-order valence-corrected chi connectivity index (χ3v) is 6.74. The van der Waals surface area contributed by atoms with Gasteiger partial charge in [0.2, 0.25) is 0 Å². The number of para-hydroxylation sites is 1. The molecule has 0 spiro atoms. The maximum atomic E-state index is 14.7. The van der Waals surface area contributed by atoms with Gasteiger partial charge in [-0.1, -0.05) is 66.7 Å². The SMILES string of the molecule is CC(NC[C@H]1C[C@H](c2ccc(OCC(=O)O)c(F)c2)c2ccccc2O1)c1cccc2ccccc12.Cl. The van der Waals surface area contributed by atoms with Crippen molar-refractivity contribution in [1.82, 2.24) is 5.32 Å². The molecule has 5 nitrogen and oxygen atoms in total. The van der Waals surface area contributed by atoms with E-state index >= 15 is 0 Å². The summed E-state index contributed by atoms with van der Waals surface area (Å²) in [6, 6.07) is 27.4. The second-order valence-electron chi connectivity index (χ2n) is 9.14. The summed E-state index contributed by atoms with van der Waals surface area (Å²) in [5.74, 6) is -1.05. The monoisotopic (exact) mass is 521 g/mol. The van der Waals surface area contributed by atoms with Gasteiger partial charge in [-0.2, -0.15) is 0 Å². The highest BCUT2D eigenvalue weighted by atomic mass is 35.5. The number of carbonyl (C=O) groups is 1. The van der Waals surface area contributed by atoms with Crippen LogP contribution >= 0.6 is 12.4 Å². The predicted molar refractivity (Wildman–Crippen MR) is 144 cm³/mol. The van der Waals surface area contributed by atoms with E-state index in [0.717, 1.165) is 16.9 Å². The van der Waals surface area contributed by atoms with Crippen molar-refractivity contribution in [1.29, 1.82) is 0 Å². The molecule has 1 heterocycles. The van der Waals surface area contributed by atoms with Gasteiger partial charge >= 0.3 is 5.97 Å². The van der Waals surface area contributed by atoms with Crippen LogP contribution in [0.4, 0.5) is 4.39 Å². The molecule has 5 rings (SSSR count). The van der Waals surface area contributed by atoms with Gasteiger partial charge in [-0.05, 0) is 53.4 Å². The van der Waals surface area contributed by atoms with Crippen LogP contribution in [0.3, 0.4) is 0 Å². The van der Waals surface area contributed by atoms with Crippen molar-refractivity contribution in [2.24, 2.45) is 0 Å². The van der Waals surface area contributed by atoms with Crippen LogP contribution in [0.15, 0.2) is 84.9 Å². The highest BCUT2D eigenvalue weighted by Gasteiger charge is 2.30. The molecule has 0 bridgehead atoms. The first-order valence-corrected chi connectivity index (χ1v) is 12.1. The Kier molecular flexibility index (Phi) is 8.31. The summed E-state index contributed by atoms with van der Waals surface area (Å²) in [7, 11) is 0. The van der Waals surface area contributed by atoms with Gasteiger partial charge in [0.1, 0.15) is 11.9 Å². The van der Waals surface area contributed by atoms with Crippen molar-refractivity contribution in [3.05, 3.63) is 107 Å². The molecule has 0 saturated carbocycles. The van der Waals surface area contributed by atoms with Gasteiger partial charge < -0.3 is 19.9 Å². The minimum Gasteiger partial charge on any atom is -0.489 e. The van der Waals surface area contributed by atoms with E-state index in [-0.39, 0.29) is 36.2 Å². The molecule has 0 fully saturated rings. The Morgan fingerprint density at radius 3 is 2.65 bits per heavy atom. The van der Waals surface area contributed by atoms with Crippen LogP contribution in [-0.2, 0) is 4.79 Å². The third kappa shape index (κ3) is 5.87. The minimum atomic E-state index is -1.15. The molecule has 3 atom stereocenters. The van der Waals surface area contributed by atoms with Gasteiger partial charge in [-0.25, -0.2) is 9.18 Å². The molecular weight excluding hydrogens is 493 g/mol. The van der Waals surface area contributed by atoms with Crippen molar-refractivity contribution in [2.45, 2.75) is 31.4 Å². The van der Waals surface area contributed by atoms with Crippen LogP contribution in [-0.4, -0.2) is 30.3 Å². The molecule has 4 aromatic rings. The summed E-state index contributed by atoms with van der Waals surface area (Å²) in [4.78, 5) is 10.8. The molecule has 0 saturated heterocycles. The van der Waals surface area contributed by atoms with Crippen LogP contribution in [0.25, 0.3) is 10.8 Å². The van der Waals surface area contributed by atoms with Gasteiger partial charge in [-0.15, -0.1) is 12.4 Å². The van der Waals surface area contributed by atoms with Gasteiger partial charge in [0.05, 0.1) is 0 Å². The fraction of sp³-hybridized carbons (Fsp3) is 0.233. The fourth-order valence-electron chi connectivity index (χ4n) is 4.97. The molecular formula is C30H29ClFNO4. The molecule has 0 aliphatic carbocycles. The number of nitrogens with one attached hydrogen (secondary N) is 1. The number of aliphatic carboxylic acids is 1. The normalized spacial score (nSPS) is 17.2. The number of rotatable bonds is 8. The zero-order valence-electron chi connectivity index (χ0n) is 20.4. The summed E-state index contributed by atoms with van der Waals surface area (Å²) < 4.78 is 26.1. The second-order valence-corrected chi connectivity index (χ2v) is 9.14. The quantitative estimate of drug-likeness (QED) is 0.277. The molecule has 4 aromatic carbocycles. The number of hydrogen-bond acceptors (Lipinski definition) is 4. The standard InChI is InChI=1S/C30H28FNO4.ClH/c1-19(23-11-6-8-20-7-2-3-9-24(20)23)32-17-22-16-26(25-10-4-5-12-28(25)36-22)21-13-14-29(27(31)15-21)35-18-30(33)34;/h2-15,19,22,26,32H,16-18H2,1H3,(H,33,34);1H/t19?,22-,26-;/m1./s1. The Labute approximate surface area is 221 Å². The highest BCUT2D eigenvalue weighted by molar-refractivity contribution is 5.86. The van der Waals surface area contributed by atoms with Crippen molar-refractivity contribution in [3.8, 4) is 11.5 Å². The summed E-state index contributed by atoms with van der Waals surface area (Å²) in [6.45, 7) is 2.21. The molecule has 1 aliphatic rings. The number of ether oxygens (including phenoxy) is 2. The smallest absolute Gasteiger partial charge is 0.341 e. The second kappa shape index (κ2) is 11.6. The molecule has 37 heavy (non-hydrogen) atoms. The topological polar surface area (TPSA) is 67.8 Å². The lowest BCUT2D eigenvalue weighted by Crippen LogP contribution is -2.37. The van der Waals surface area contributed by atoms with E-state index in [2.05, 4.69) is 48.6 Å². The summed E-state index contributed by atoms with van der Waals surface area (Å²) in [5.41, 5.74) is 3.05. The zero-order chi connectivity index (χ0) is 25.1. The van der Waals surface area contributed by atoms with Gasteiger partial charge in [0, 0.05) is 24.1 Å². The van der Waals surface area contributed by atoms with E-state index in [0.29, 0.717) is 13.0 Å².